The van der Waals surface area contributed by atoms with Gasteiger partial charge in [0, 0.05) is 0 Å². The molecule has 0 nitrogen and oxygen atoms in total. The van der Waals surface area contributed by atoms with Gasteiger partial charge in [-0.05, 0) is 102 Å². The van der Waals surface area contributed by atoms with Crippen molar-refractivity contribution in [3.8, 4) is 0 Å². The van der Waals surface area contributed by atoms with E-state index < -0.39 is 0 Å². The van der Waals surface area contributed by atoms with Crippen LogP contribution in [0.4, 0.5) is 0 Å². The van der Waals surface area contributed by atoms with E-state index in [9.17, 15) is 0 Å². The van der Waals surface area contributed by atoms with Gasteiger partial charge in [-0.1, -0.05) is 72.6 Å². The maximum absolute atomic E-state index is 4.53. The average Bonchev–Trinajstić information content (AvgIpc) is 2.94. The molecule has 0 N–H and O–H groups in total. The zero-order valence-electron chi connectivity index (χ0n) is 18.9. The minimum absolute atomic E-state index is 0.488. The highest BCUT2D eigenvalue weighted by Crippen LogP contribution is 2.63. The minimum atomic E-state index is 0.488. The first-order chi connectivity index (χ1) is 13.4. The van der Waals surface area contributed by atoms with E-state index >= 15 is 0 Å². The van der Waals surface area contributed by atoms with Crippen molar-refractivity contribution in [3.63, 3.8) is 0 Å². The zero-order valence-corrected chi connectivity index (χ0v) is 18.9. The average molecular weight is 379 g/mol. The van der Waals surface area contributed by atoms with Gasteiger partial charge in [0.05, 0.1) is 0 Å². The number of hydrogen-bond acceptors (Lipinski definition) is 0. The first kappa shape index (κ1) is 21.4. The molecule has 3 aliphatic rings. The van der Waals surface area contributed by atoms with E-state index in [-0.39, 0.29) is 0 Å². The third-order valence-corrected chi connectivity index (χ3v) is 8.02. The number of rotatable bonds is 8. The molecule has 0 saturated heterocycles. The monoisotopic (exact) mass is 378 g/mol. The summed E-state index contributed by atoms with van der Waals surface area (Å²) in [6.07, 6.45) is 26.9. The summed E-state index contributed by atoms with van der Waals surface area (Å²) in [6, 6.07) is 0. The standard InChI is InChI=1S/C28H42/c1-6-22(2)11-12-24(4)25(5)20-28-15-8-14-27(21-28,17-18-28)16-13-26-10-7-9-23(3)19-26/h6,10-12,19,24H,5,7-9,13-18,20-21H2,1-4H3/b12-11-,22-6-. The molecule has 0 amide bonds. The number of fused-ring (bicyclic) bond motifs is 2. The molecule has 0 aromatic rings. The second-order valence-electron chi connectivity index (χ2n) is 10.4. The van der Waals surface area contributed by atoms with Crippen LogP contribution in [0.15, 0.2) is 59.3 Å². The molecule has 2 fully saturated rings. The second kappa shape index (κ2) is 9.02. The van der Waals surface area contributed by atoms with Gasteiger partial charge >= 0.3 is 0 Å². The number of hydrogen-bond donors (Lipinski definition) is 0. The molecule has 3 aliphatic carbocycles. The maximum Gasteiger partial charge on any atom is -0.00509 e. The van der Waals surface area contributed by atoms with Crippen molar-refractivity contribution in [1.29, 1.82) is 0 Å². The summed E-state index contributed by atoms with van der Waals surface area (Å²) in [5.74, 6) is 0.488. The Morgan fingerprint density at radius 2 is 1.96 bits per heavy atom. The predicted octanol–water partition coefficient (Wildman–Crippen LogP) is 8.88. The van der Waals surface area contributed by atoms with E-state index in [1.54, 1.807) is 11.1 Å². The van der Waals surface area contributed by atoms with Gasteiger partial charge < -0.3 is 0 Å². The van der Waals surface area contributed by atoms with Crippen molar-refractivity contribution >= 4 is 0 Å². The van der Waals surface area contributed by atoms with Crippen molar-refractivity contribution in [1.82, 2.24) is 0 Å². The highest BCUT2D eigenvalue weighted by molar-refractivity contribution is 5.27. The van der Waals surface area contributed by atoms with Crippen LogP contribution in [0.3, 0.4) is 0 Å². The second-order valence-corrected chi connectivity index (χ2v) is 10.4. The van der Waals surface area contributed by atoms with Gasteiger partial charge in [0.25, 0.3) is 0 Å². The van der Waals surface area contributed by atoms with Crippen LogP contribution in [-0.2, 0) is 0 Å². The topological polar surface area (TPSA) is 0 Å². The molecule has 0 heterocycles. The fourth-order valence-corrected chi connectivity index (χ4v) is 6.03. The summed E-state index contributed by atoms with van der Waals surface area (Å²) in [7, 11) is 0. The Morgan fingerprint density at radius 1 is 1.21 bits per heavy atom. The number of allylic oxidation sites excluding steroid dienone is 9. The molecule has 0 heteroatoms. The summed E-state index contributed by atoms with van der Waals surface area (Å²) in [6.45, 7) is 13.4. The van der Waals surface area contributed by atoms with Crippen molar-refractivity contribution < 1.29 is 0 Å². The molecule has 0 aliphatic heterocycles. The van der Waals surface area contributed by atoms with Crippen LogP contribution in [0, 0.1) is 16.7 Å². The SMILES string of the molecule is C=C(CC12CCCC(CCC3=CCCC(C)=C3)(CC1)C2)C(C)/C=C\C(C)=C/C. The quantitative estimate of drug-likeness (QED) is 0.292. The highest BCUT2D eigenvalue weighted by Gasteiger charge is 2.50. The Kier molecular flexibility index (Phi) is 6.89. The molecule has 2 bridgehead atoms. The van der Waals surface area contributed by atoms with Gasteiger partial charge in [0.15, 0.2) is 0 Å². The maximum atomic E-state index is 4.53. The van der Waals surface area contributed by atoms with Gasteiger partial charge in [0.2, 0.25) is 0 Å². The molecular formula is C28H42. The first-order valence-corrected chi connectivity index (χ1v) is 11.7. The van der Waals surface area contributed by atoms with E-state index in [1.165, 1.54) is 81.8 Å². The molecule has 3 rings (SSSR count). The molecule has 0 aromatic carbocycles. The van der Waals surface area contributed by atoms with Gasteiger partial charge in [-0.2, -0.15) is 0 Å². The largest absolute Gasteiger partial charge is 0.0993 e. The smallest absolute Gasteiger partial charge is 0.00509 e. The molecule has 0 aromatic heterocycles. The van der Waals surface area contributed by atoms with Crippen molar-refractivity contribution in [2.75, 3.05) is 0 Å². The van der Waals surface area contributed by atoms with Crippen LogP contribution in [0.2, 0.25) is 0 Å². The first-order valence-electron chi connectivity index (χ1n) is 11.7. The highest BCUT2D eigenvalue weighted by atomic mass is 14.5. The Morgan fingerprint density at radius 3 is 2.71 bits per heavy atom. The lowest BCUT2D eigenvalue weighted by molar-refractivity contribution is 0.128. The predicted molar refractivity (Wildman–Crippen MR) is 124 cm³/mol. The lowest BCUT2D eigenvalue weighted by Crippen LogP contribution is -2.28. The molecule has 3 unspecified atom stereocenters. The van der Waals surface area contributed by atoms with Crippen LogP contribution in [0.5, 0.6) is 0 Å². The van der Waals surface area contributed by atoms with E-state index in [0.29, 0.717) is 16.7 Å². The Bertz CT molecular complexity index is 698. The van der Waals surface area contributed by atoms with Crippen LogP contribution >= 0.6 is 0 Å². The zero-order chi connectivity index (χ0) is 20.2. The van der Waals surface area contributed by atoms with Gasteiger partial charge in [-0.15, -0.1) is 0 Å². The Hall–Kier alpha value is -1.30. The summed E-state index contributed by atoms with van der Waals surface area (Å²) in [5, 5.41) is 0. The summed E-state index contributed by atoms with van der Waals surface area (Å²) in [4.78, 5) is 0. The molecule has 0 spiro atoms. The van der Waals surface area contributed by atoms with Crippen LogP contribution in [0.25, 0.3) is 0 Å². The van der Waals surface area contributed by atoms with E-state index in [2.05, 4.69) is 64.7 Å². The van der Waals surface area contributed by atoms with E-state index in [0.717, 1.165) is 0 Å². The van der Waals surface area contributed by atoms with Crippen molar-refractivity contribution in [2.24, 2.45) is 16.7 Å². The molecular weight excluding hydrogens is 336 g/mol. The lowest BCUT2D eigenvalue weighted by Gasteiger charge is -2.41. The van der Waals surface area contributed by atoms with Crippen LogP contribution in [0.1, 0.15) is 98.3 Å². The van der Waals surface area contributed by atoms with Crippen molar-refractivity contribution in [2.45, 2.75) is 98.3 Å². The lowest BCUT2D eigenvalue weighted by atomic mass is 9.64. The normalized spacial score (nSPS) is 31.6. The summed E-state index contributed by atoms with van der Waals surface area (Å²) in [5.41, 5.74) is 7.16. The van der Waals surface area contributed by atoms with Crippen molar-refractivity contribution in [3.05, 3.63) is 59.3 Å². The van der Waals surface area contributed by atoms with E-state index in [4.69, 9.17) is 0 Å². The summed E-state index contributed by atoms with van der Waals surface area (Å²) < 4.78 is 0. The van der Waals surface area contributed by atoms with Gasteiger partial charge in [-0.25, -0.2) is 0 Å². The van der Waals surface area contributed by atoms with E-state index in [1.807, 2.05) is 0 Å². The third kappa shape index (κ3) is 5.19. The fraction of sp³-hybridized carbons (Fsp3) is 0.643. The van der Waals surface area contributed by atoms with Gasteiger partial charge in [0.1, 0.15) is 0 Å². The fourth-order valence-electron chi connectivity index (χ4n) is 6.03. The molecule has 3 atom stereocenters. The molecule has 28 heavy (non-hydrogen) atoms. The van der Waals surface area contributed by atoms with Crippen LogP contribution in [-0.4, -0.2) is 0 Å². The molecule has 2 saturated carbocycles. The third-order valence-electron chi connectivity index (χ3n) is 8.02. The van der Waals surface area contributed by atoms with Gasteiger partial charge in [-0.3, -0.25) is 0 Å². The minimum Gasteiger partial charge on any atom is -0.0993 e. The van der Waals surface area contributed by atoms with Crippen LogP contribution < -0.4 is 0 Å². The Labute approximate surface area is 174 Å². The molecule has 154 valence electrons. The molecule has 0 radical (unpaired) electrons. The summed E-state index contributed by atoms with van der Waals surface area (Å²) >= 11 is 0. The Balaban J connectivity index is 1.59.